The Bertz CT molecular complexity index is 805. The average molecular weight is 352 g/mol. The first kappa shape index (κ1) is 18.2. The summed E-state index contributed by atoms with van der Waals surface area (Å²) in [6, 6.07) is 8.12. The van der Waals surface area contributed by atoms with Crippen LogP contribution >= 0.6 is 0 Å². The molecule has 26 heavy (non-hydrogen) atoms. The van der Waals surface area contributed by atoms with Gasteiger partial charge in [0.25, 0.3) is 0 Å². The molecule has 1 aromatic heterocycles. The van der Waals surface area contributed by atoms with Crippen molar-refractivity contribution in [3.05, 3.63) is 54.5 Å². The summed E-state index contributed by atoms with van der Waals surface area (Å²) in [5, 5.41) is 7.00. The maximum atomic E-state index is 5.85. The summed E-state index contributed by atoms with van der Waals surface area (Å²) in [4.78, 5) is 6.94. The third-order valence-corrected chi connectivity index (χ3v) is 4.72. The smallest absolute Gasteiger partial charge is 0.130 e. The molecule has 0 saturated carbocycles. The van der Waals surface area contributed by atoms with Crippen molar-refractivity contribution in [3.8, 4) is 0 Å². The third-order valence-electron chi connectivity index (χ3n) is 4.72. The van der Waals surface area contributed by atoms with E-state index in [1.54, 1.807) is 7.05 Å². The minimum atomic E-state index is 0.771. The van der Waals surface area contributed by atoms with Gasteiger partial charge in [-0.2, -0.15) is 0 Å². The normalized spacial score (nSPS) is 15.8. The average Bonchev–Trinajstić information content (AvgIpc) is 2.62. The lowest BCUT2D eigenvalue weighted by molar-refractivity contribution is 0.247. The Labute approximate surface area is 155 Å². The van der Waals surface area contributed by atoms with Crippen LogP contribution in [0.3, 0.4) is 0 Å². The molecule has 0 amide bonds. The molecule has 6 heteroatoms. The maximum absolute atomic E-state index is 5.85. The van der Waals surface area contributed by atoms with E-state index < -0.39 is 0 Å². The molecule has 1 aliphatic heterocycles. The van der Waals surface area contributed by atoms with Crippen LogP contribution in [0.1, 0.15) is 24.8 Å². The first-order valence-corrected chi connectivity index (χ1v) is 9.04. The molecule has 0 spiro atoms. The highest BCUT2D eigenvalue weighted by atomic mass is 15.4. The van der Waals surface area contributed by atoms with Gasteiger partial charge in [0, 0.05) is 42.6 Å². The number of hydrazine groups is 1. The Balaban J connectivity index is 1.75. The summed E-state index contributed by atoms with van der Waals surface area (Å²) < 4.78 is 0. The van der Waals surface area contributed by atoms with Crippen molar-refractivity contribution >= 4 is 22.3 Å². The molecule has 1 fully saturated rings. The molecule has 0 bridgehead atoms. The molecule has 2 heterocycles. The van der Waals surface area contributed by atoms with E-state index in [2.05, 4.69) is 27.8 Å². The van der Waals surface area contributed by atoms with E-state index in [0.29, 0.717) is 0 Å². The van der Waals surface area contributed by atoms with Crippen molar-refractivity contribution in [2.75, 3.05) is 32.0 Å². The van der Waals surface area contributed by atoms with E-state index in [4.69, 9.17) is 11.6 Å². The van der Waals surface area contributed by atoms with Gasteiger partial charge in [-0.3, -0.25) is 4.90 Å². The monoisotopic (exact) mass is 352 g/mol. The van der Waals surface area contributed by atoms with E-state index in [0.717, 1.165) is 53.2 Å². The van der Waals surface area contributed by atoms with Crippen molar-refractivity contribution in [1.29, 1.82) is 0 Å². The molecule has 0 aliphatic carbocycles. The molecule has 0 atom stereocenters. The van der Waals surface area contributed by atoms with Gasteiger partial charge in [-0.05, 0) is 43.5 Å². The molecule has 1 aliphatic rings. The Morgan fingerprint density at radius 2 is 2.04 bits per heavy atom. The highest BCUT2D eigenvalue weighted by Crippen LogP contribution is 2.23. The van der Waals surface area contributed by atoms with E-state index in [9.17, 15) is 0 Å². The molecule has 5 N–H and O–H groups in total. The van der Waals surface area contributed by atoms with Crippen molar-refractivity contribution in [3.63, 3.8) is 0 Å². The van der Waals surface area contributed by atoms with Gasteiger partial charge >= 0.3 is 0 Å². The molecule has 1 aromatic carbocycles. The number of rotatable bonds is 6. The zero-order chi connectivity index (χ0) is 18.5. The van der Waals surface area contributed by atoms with Crippen LogP contribution in [0.5, 0.6) is 0 Å². The zero-order valence-corrected chi connectivity index (χ0v) is 15.4. The van der Waals surface area contributed by atoms with Crippen LogP contribution in [0.4, 0.5) is 5.82 Å². The molecule has 6 nitrogen and oxygen atoms in total. The van der Waals surface area contributed by atoms with Crippen LogP contribution < -0.4 is 16.9 Å². The van der Waals surface area contributed by atoms with Gasteiger partial charge in [0.15, 0.2) is 0 Å². The van der Waals surface area contributed by atoms with Crippen LogP contribution in [0.15, 0.2) is 48.9 Å². The van der Waals surface area contributed by atoms with E-state index in [1.165, 1.54) is 30.5 Å². The summed E-state index contributed by atoms with van der Waals surface area (Å²) in [7, 11) is 1.77. The predicted octanol–water partition coefficient (Wildman–Crippen LogP) is 2.71. The van der Waals surface area contributed by atoms with E-state index in [-0.39, 0.29) is 0 Å². The minimum absolute atomic E-state index is 0.771. The summed E-state index contributed by atoms with van der Waals surface area (Å²) in [5.41, 5.74) is 8.42. The number of likely N-dealkylation sites (tertiary alicyclic amines) is 1. The standard InChI is InChI=1S/C20H28N6/c1-15(14-26-8-4-3-5-9-26)24-20-11-18-10-16(19(12-21)25(2)22)6-7-17(18)13-23-20/h6-7,10-13H,1,3-5,8-9,14,21-22H2,2H3,(H,23,24)/b19-12-. The van der Waals surface area contributed by atoms with E-state index >= 15 is 0 Å². The molecular formula is C20H28N6. The second-order valence-electron chi connectivity index (χ2n) is 6.86. The van der Waals surface area contributed by atoms with Crippen molar-refractivity contribution < 1.29 is 0 Å². The number of nitrogens with two attached hydrogens (primary N) is 2. The highest BCUT2D eigenvalue weighted by molar-refractivity contribution is 5.87. The van der Waals surface area contributed by atoms with Gasteiger partial charge < -0.3 is 16.1 Å². The number of aromatic nitrogens is 1. The van der Waals surface area contributed by atoms with Gasteiger partial charge in [0.05, 0.1) is 5.70 Å². The van der Waals surface area contributed by atoms with Crippen molar-refractivity contribution in [2.24, 2.45) is 11.6 Å². The first-order chi connectivity index (χ1) is 12.6. The molecule has 0 radical (unpaired) electrons. The summed E-state index contributed by atoms with van der Waals surface area (Å²) in [5.74, 6) is 6.65. The zero-order valence-electron chi connectivity index (χ0n) is 15.4. The number of nitrogens with zero attached hydrogens (tertiary/aromatic N) is 3. The Morgan fingerprint density at radius 1 is 1.27 bits per heavy atom. The van der Waals surface area contributed by atoms with Gasteiger partial charge in [0.2, 0.25) is 0 Å². The molecule has 138 valence electrons. The van der Waals surface area contributed by atoms with Gasteiger partial charge in [-0.25, -0.2) is 10.8 Å². The van der Waals surface area contributed by atoms with Crippen LogP contribution in [-0.4, -0.2) is 41.6 Å². The van der Waals surface area contributed by atoms with Gasteiger partial charge in [0.1, 0.15) is 5.82 Å². The second-order valence-corrected chi connectivity index (χ2v) is 6.86. The van der Waals surface area contributed by atoms with Crippen LogP contribution in [0.25, 0.3) is 16.5 Å². The van der Waals surface area contributed by atoms with Gasteiger partial charge in [-0.1, -0.05) is 25.1 Å². The molecule has 0 unspecified atom stereocenters. The lowest BCUT2D eigenvalue weighted by Crippen LogP contribution is -2.32. The lowest BCUT2D eigenvalue weighted by atomic mass is 10.1. The Hall–Kier alpha value is -2.57. The molecule has 1 saturated heterocycles. The number of piperidine rings is 1. The third kappa shape index (κ3) is 4.33. The summed E-state index contributed by atoms with van der Waals surface area (Å²) >= 11 is 0. The van der Waals surface area contributed by atoms with Crippen LogP contribution in [0.2, 0.25) is 0 Å². The largest absolute Gasteiger partial charge is 0.403 e. The molecule has 3 rings (SSSR count). The van der Waals surface area contributed by atoms with Crippen LogP contribution in [-0.2, 0) is 0 Å². The fourth-order valence-electron chi connectivity index (χ4n) is 3.39. The van der Waals surface area contributed by atoms with Crippen molar-refractivity contribution in [2.45, 2.75) is 19.3 Å². The lowest BCUT2D eigenvalue weighted by Gasteiger charge is -2.27. The molecular weight excluding hydrogens is 324 g/mol. The number of hydrogen-bond donors (Lipinski definition) is 3. The number of pyridine rings is 1. The number of nitrogens with one attached hydrogen (secondary N) is 1. The van der Waals surface area contributed by atoms with Gasteiger partial charge in [-0.15, -0.1) is 0 Å². The maximum Gasteiger partial charge on any atom is 0.130 e. The SMILES string of the molecule is C=C(CN1CCCCC1)Nc1cc2cc(/C(=C/N)N(C)N)ccc2cn1. The highest BCUT2D eigenvalue weighted by Gasteiger charge is 2.11. The quantitative estimate of drug-likeness (QED) is 0.548. The van der Waals surface area contributed by atoms with Crippen molar-refractivity contribution in [1.82, 2.24) is 14.9 Å². The number of benzene rings is 1. The number of hydrogen-bond acceptors (Lipinski definition) is 6. The summed E-state index contributed by atoms with van der Waals surface area (Å²) in [6.07, 6.45) is 7.27. The topological polar surface area (TPSA) is 83.4 Å². The second kappa shape index (κ2) is 8.21. The summed E-state index contributed by atoms with van der Waals surface area (Å²) in [6.45, 7) is 7.32. The number of anilines is 1. The Kier molecular flexibility index (Phi) is 5.75. The Morgan fingerprint density at radius 3 is 2.73 bits per heavy atom. The molecule has 2 aromatic rings. The predicted molar refractivity (Wildman–Crippen MR) is 109 cm³/mol. The minimum Gasteiger partial charge on any atom is -0.403 e. The van der Waals surface area contributed by atoms with Crippen LogP contribution in [0, 0.1) is 0 Å². The first-order valence-electron chi connectivity index (χ1n) is 9.04. The fourth-order valence-corrected chi connectivity index (χ4v) is 3.39. The number of fused-ring (bicyclic) bond motifs is 1. The fraction of sp³-hybridized carbons (Fsp3) is 0.350. The van der Waals surface area contributed by atoms with E-state index in [1.807, 2.05) is 24.4 Å².